The smallest absolute Gasteiger partial charge is 0.317 e. The lowest BCUT2D eigenvalue weighted by Gasteiger charge is -2.27. The van der Waals surface area contributed by atoms with Crippen molar-refractivity contribution in [2.45, 2.75) is 19.4 Å². The molecule has 2 aliphatic heterocycles. The fraction of sp³-hybridized carbons (Fsp3) is 0.889. The third-order valence-electron chi connectivity index (χ3n) is 3.03. The molecule has 0 bridgehead atoms. The number of carbonyl (C=O) groups excluding carboxylic acids is 1. The van der Waals surface area contributed by atoms with Crippen LogP contribution in [0.15, 0.2) is 0 Å². The standard InChI is InChI=1S/C9H16N2O2/c1-7(8-2-5-13-6-8)11-4-3-10-9(11)12/h7-8H,2-6H2,1H3,(H,10,12). The number of ether oxygens (including phenoxy) is 1. The molecule has 0 aliphatic carbocycles. The molecule has 0 saturated carbocycles. The highest BCUT2D eigenvalue weighted by Crippen LogP contribution is 2.21. The summed E-state index contributed by atoms with van der Waals surface area (Å²) in [7, 11) is 0. The lowest BCUT2D eigenvalue weighted by atomic mass is 10.00. The van der Waals surface area contributed by atoms with E-state index < -0.39 is 0 Å². The minimum absolute atomic E-state index is 0.0828. The second-order valence-corrected chi connectivity index (χ2v) is 3.79. The van der Waals surface area contributed by atoms with Gasteiger partial charge in [0.25, 0.3) is 0 Å². The minimum Gasteiger partial charge on any atom is -0.381 e. The van der Waals surface area contributed by atoms with Gasteiger partial charge in [-0.15, -0.1) is 0 Å². The average Bonchev–Trinajstić information content (AvgIpc) is 2.72. The van der Waals surface area contributed by atoms with Gasteiger partial charge in [0.05, 0.1) is 6.61 Å². The first-order valence-corrected chi connectivity index (χ1v) is 4.91. The van der Waals surface area contributed by atoms with Crippen molar-refractivity contribution in [3.63, 3.8) is 0 Å². The lowest BCUT2D eigenvalue weighted by molar-refractivity contribution is 0.149. The molecule has 0 spiro atoms. The van der Waals surface area contributed by atoms with E-state index >= 15 is 0 Å². The van der Waals surface area contributed by atoms with Crippen molar-refractivity contribution in [3.8, 4) is 0 Å². The second kappa shape index (κ2) is 3.54. The zero-order valence-corrected chi connectivity index (χ0v) is 7.95. The molecule has 0 aromatic rings. The summed E-state index contributed by atoms with van der Waals surface area (Å²) >= 11 is 0. The normalized spacial score (nSPS) is 30.7. The summed E-state index contributed by atoms with van der Waals surface area (Å²) in [6.45, 7) is 5.41. The van der Waals surface area contributed by atoms with Gasteiger partial charge in [-0.2, -0.15) is 0 Å². The van der Waals surface area contributed by atoms with E-state index in [1.54, 1.807) is 0 Å². The number of rotatable bonds is 2. The van der Waals surface area contributed by atoms with Crippen molar-refractivity contribution in [3.05, 3.63) is 0 Å². The van der Waals surface area contributed by atoms with Crippen molar-refractivity contribution >= 4 is 6.03 Å². The number of urea groups is 1. The predicted octanol–water partition coefficient (Wildman–Crippen LogP) is 0.437. The minimum atomic E-state index is 0.0828. The SMILES string of the molecule is CC(C1CCOC1)N1CCNC1=O. The number of nitrogens with zero attached hydrogens (tertiary/aromatic N) is 1. The summed E-state index contributed by atoms with van der Waals surface area (Å²) < 4.78 is 5.31. The molecule has 2 heterocycles. The summed E-state index contributed by atoms with van der Waals surface area (Å²) in [5, 5.41) is 2.82. The van der Waals surface area contributed by atoms with Crippen molar-refractivity contribution in [1.29, 1.82) is 0 Å². The molecule has 2 rings (SSSR count). The summed E-state index contributed by atoms with van der Waals surface area (Å²) in [5.74, 6) is 0.531. The molecule has 0 aromatic carbocycles. The summed E-state index contributed by atoms with van der Waals surface area (Å²) in [5.41, 5.74) is 0. The van der Waals surface area contributed by atoms with Crippen LogP contribution in [-0.2, 0) is 4.74 Å². The molecule has 2 amide bonds. The van der Waals surface area contributed by atoms with Gasteiger partial charge in [0.2, 0.25) is 0 Å². The first-order chi connectivity index (χ1) is 6.29. The number of nitrogens with one attached hydrogen (secondary N) is 1. The van der Waals surface area contributed by atoms with E-state index in [2.05, 4.69) is 12.2 Å². The van der Waals surface area contributed by atoms with E-state index in [9.17, 15) is 4.79 Å². The van der Waals surface area contributed by atoms with Crippen LogP contribution in [0.5, 0.6) is 0 Å². The van der Waals surface area contributed by atoms with Crippen LogP contribution in [0.2, 0.25) is 0 Å². The molecule has 74 valence electrons. The van der Waals surface area contributed by atoms with Crippen molar-refractivity contribution in [2.75, 3.05) is 26.3 Å². The highest BCUT2D eigenvalue weighted by atomic mass is 16.5. The van der Waals surface area contributed by atoms with E-state index in [0.29, 0.717) is 12.0 Å². The third kappa shape index (κ3) is 1.63. The number of amides is 2. The van der Waals surface area contributed by atoms with Crippen LogP contribution in [0.1, 0.15) is 13.3 Å². The molecule has 0 aromatic heterocycles. The van der Waals surface area contributed by atoms with Crippen LogP contribution in [0, 0.1) is 5.92 Å². The Hall–Kier alpha value is -0.770. The molecule has 2 atom stereocenters. The van der Waals surface area contributed by atoms with Crippen LogP contribution < -0.4 is 5.32 Å². The Morgan fingerprint density at radius 3 is 3.08 bits per heavy atom. The van der Waals surface area contributed by atoms with Gasteiger partial charge >= 0.3 is 6.03 Å². The molecule has 4 heteroatoms. The summed E-state index contributed by atoms with van der Waals surface area (Å²) in [4.78, 5) is 13.3. The molecule has 2 saturated heterocycles. The summed E-state index contributed by atoms with van der Waals surface area (Å²) in [6, 6.07) is 0.407. The first-order valence-electron chi connectivity index (χ1n) is 4.91. The highest BCUT2D eigenvalue weighted by Gasteiger charge is 2.32. The highest BCUT2D eigenvalue weighted by molar-refractivity contribution is 5.76. The molecule has 13 heavy (non-hydrogen) atoms. The topological polar surface area (TPSA) is 41.6 Å². The Kier molecular flexibility index (Phi) is 2.40. The van der Waals surface area contributed by atoms with Crippen molar-refractivity contribution < 1.29 is 9.53 Å². The quantitative estimate of drug-likeness (QED) is 0.676. The average molecular weight is 184 g/mol. The number of carbonyl (C=O) groups is 1. The van der Waals surface area contributed by atoms with Crippen LogP contribution in [0.25, 0.3) is 0 Å². The molecular weight excluding hydrogens is 168 g/mol. The molecular formula is C9H16N2O2. The van der Waals surface area contributed by atoms with Crippen molar-refractivity contribution in [1.82, 2.24) is 10.2 Å². The second-order valence-electron chi connectivity index (χ2n) is 3.79. The monoisotopic (exact) mass is 184 g/mol. The Labute approximate surface area is 78.2 Å². The molecule has 2 fully saturated rings. The van der Waals surface area contributed by atoms with Gasteiger partial charge in [0.1, 0.15) is 0 Å². The number of hydrogen-bond acceptors (Lipinski definition) is 2. The predicted molar refractivity (Wildman–Crippen MR) is 48.5 cm³/mol. The molecule has 1 N–H and O–H groups in total. The maximum atomic E-state index is 11.3. The van der Waals surface area contributed by atoms with Gasteiger partial charge in [-0.1, -0.05) is 0 Å². The van der Waals surface area contributed by atoms with Crippen LogP contribution >= 0.6 is 0 Å². The molecule has 0 radical (unpaired) electrons. The van der Waals surface area contributed by atoms with Crippen molar-refractivity contribution in [2.24, 2.45) is 5.92 Å². The Morgan fingerprint density at radius 2 is 2.54 bits per heavy atom. The molecule has 2 unspecified atom stereocenters. The largest absolute Gasteiger partial charge is 0.381 e. The van der Waals surface area contributed by atoms with Gasteiger partial charge in [-0.3, -0.25) is 0 Å². The molecule has 2 aliphatic rings. The van der Waals surface area contributed by atoms with E-state index in [4.69, 9.17) is 4.74 Å². The van der Waals surface area contributed by atoms with E-state index in [0.717, 1.165) is 32.7 Å². The first kappa shape index (κ1) is 8.81. The number of hydrogen-bond donors (Lipinski definition) is 1. The Bertz CT molecular complexity index is 202. The fourth-order valence-electron chi connectivity index (χ4n) is 2.06. The van der Waals surface area contributed by atoms with Gasteiger partial charge in [0.15, 0.2) is 0 Å². The van der Waals surface area contributed by atoms with E-state index in [1.165, 1.54) is 0 Å². The maximum Gasteiger partial charge on any atom is 0.317 e. The zero-order chi connectivity index (χ0) is 9.26. The fourth-order valence-corrected chi connectivity index (χ4v) is 2.06. The van der Waals surface area contributed by atoms with E-state index in [-0.39, 0.29) is 6.03 Å². The van der Waals surface area contributed by atoms with Gasteiger partial charge < -0.3 is 15.0 Å². The van der Waals surface area contributed by atoms with Crippen LogP contribution in [-0.4, -0.2) is 43.3 Å². The van der Waals surface area contributed by atoms with Crippen LogP contribution in [0.3, 0.4) is 0 Å². The summed E-state index contributed by atoms with van der Waals surface area (Å²) in [6.07, 6.45) is 1.09. The third-order valence-corrected chi connectivity index (χ3v) is 3.03. The van der Waals surface area contributed by atoms with Gasteiger partial charge in [-0.05, 0) is 13.3 Å². The van der Waals surface area contributed by atoms with E-state index in [1.807, 2.05) is 4.90 Å². The van der Waals surface area contributed by atoms with Gasteiger partial charge in [0, 0.05) is 31.7 Å². The molecule has 4 nitrogen and oxygen atoms in total. The lowest BCUT2D eigenvalue weighted by Crippen LogP contribution is -2.40. The van der Waals surface area contributed by atoms with Crippen LogP contribution in [0.4, 0.5) is 4.79 Å². The Morgan fingerprint density at radius 1 is 1.69 bits per heavy atom. The maximum absolute atomic E-state index is 11.3. The Balaban J connectivity index is 1.94. The van der Waals surface area contributed by atoms with Gasteiger partial charge in [-0.25, -0.2) is 4.79 Å². The zero-order valence-electron chi connectivity index (χ0n) is 7.95.